The highest BCUT2D eigenvalue weighted by Gasteiger charge is 2.28. The molecule has 3 aromatic rings. The Morgan fingerprint density at radius 3 is 2.25 bits per heavy atom. The molecule has 1 aliphatic rings. The molecule has 4 rings (SSSR count). The first-order valence-electron chi connectivity index (χ1n) is 10.9. The Labute approximate surface area is 189 Å². The summed E-state index contributed by atoms with van der Waals surface area (Å²) in [5.74, 6) is 1.54. The largest absolute Gasteiger partial charge is 0.433 e. The predicted octanol–water partition coefficient (Wildman–Crippen LogP) is 4.74. The summed E-state index contributed by atoms with van der Waals surface area (Å²) in [7, 11) is -7.66. The van der Waals surface area contributed by atoms with Gasteiger partial charge in [-0.25, -0.2) is 21.8 Å². The average Bonchev–Trinajstić information content (AvgIpc) is 3.34. The molecule has 0 aliphatic heterocycles. The number of hydrogen-bond acceptors (Lipinski definition) is 6. The summed E-state index contributed by atoms with van der Waals surface area (Å²) < 4.78 is 57.0. The lowest BCUT2D eigenvalue weighted by Gasteiger charge is -2.26. The number of benzene rings is 1. The Bertz CT molecular complexity index is 1350. The quantitative estimate of drug-likeness (QED) is 0.525. The summed E-state index contributed by atoms with van der Waals surface area (Å²) in [6.07, 6.45) is 7.18. The van der Waals surface area contributed by atoms with E-state index >= 15 is 0 Å². The van der Waals surface area contributed by atoms with E-state index in [1.54, 1.807) is 18.2 Å². The maximum atomic E-state index is 13.1. The van der Waals surface area contributed by atoms with Gasteiger partial charge in [-0.15, -0.1) is 0 Å². The highest BCUT2D eigenvalue weighted by atomic mass is 32.2. The molecule has 0 unspecified atom stereocenters. The van der Waals surface area contributed by atoms with Gasteiger partial charge >= 0.3 is 0 Å². The minimum Gasteiger partial charge on any atom is -0.433 e. The molecule has 1 saturated carbocycles. The van der Waals surface area contributed by atoms with Crippen LogP contribution >= 0.6 is 0 Å². The van der Waals surface area contributed by atoms with Crippen molar-refractivity contribution >= 4 is 30.7 Å². The smallest absolute Gasteiger partial charge is 0.239 e. The molecule has 174 valence electrons. The SMILES string of the molecule is CC(C)(C)c1nc2cc(S(=O)(=O)c3ccc(S(C)(=O)=O)o3)ccc2n1CC1CCCCC1. The summed E-state index contributed by atoms with van der Waals surface area (Å²) in [6.45, 7) is 7.21. The molecule has 0 radical (unpaired) electrons. The Hall–Kier alpha value is -2.13. The lowest BCUT2D eigenvalue weighted by atomic mass is 9.88. The van der Waals surface area contributed by atoms with Crippen LogP contribution in [0.15, 0.2) is 49.8 Å². The van der Waals surface area contributed by atoms with Gasteiger partial charge in [0, 0.05) is 18.2 Å². The predicted molar refractivity (Wildman–Crippen MR) is 122 cm³/mol. The second-order valence-electron chi connectivity index (χ2n) is 9.80. The molecule has 32 heavy (non-hydrogen) atoms. The normalized spacial score (nSPS) is 16.6. The van der Waals surface area contributed by atoms with Gasteiger partial charge in [-0.2, -0.15) is 0 Å². The number of furan rings is 1. The molecule has 1 aliphatic carbocycles. The van der Waals surface area contributed by atoms with Crippen molar-refractivity contribution in [3.63, 3.8) is 0 Å². The van der Waals surface area contributed by atoms with Gasteiger partial charge in [0.15, 0.2) is 0 Å². The lowest BCUT2D eigenvalue weighted by molar-refractivity contribution is 0.313. The maximum Gasteiger partial charge on any atom is 0.239 e. The number of fused-ring (bicyclic) bond motifs is 1. The van der Waals surface area contributed by atoms with Crippen molar-refractivity contribution in [1.29, 1.82) is 0 Å². The van der Waals surface area contributed by atoms with E-state index < -0.39 is 24.8 Å². The van der Waals surface area contributed by atoms with Crippen molar-refractivity contribution in [2.45, 2.75) is 79.9 Å². The number of rotatable bonds is 5. The van der Waals surface area contributed by atoms with Gasteiger partial charge in [0.05, 0.1) is 15.9 Å². The summed E-state index contributed by atoms with van der Waals surface area (Å²) in [5.41, 5.74) is 1.33. The zero-order valence-electron chi connectivity index (χ0n) is 19.0. The standard InChI is InChI=1S/C23H30N2O5S2/c1-23(2,3)22-24-18-14-17(32(28,29)21-13-12-20(30-21)31(4,26)27)10-11-19(18)25(22)15-16-8-6-5-7-9-16/h10-14,16H,5-9,15H2,1-4H3. The van der Waals surface area contributed by atoms with Crippen LogP contribution in [-0.2, 0) is 31.6 Å². The zero-order chi connectivity index (χ0) is 23.3. The highest BCUT2D eigenvalue weighted by Crippen LogP contribution is 2.33. The third kappa shape index (κ3) is 4.37. The highest BCUT2D eigenvalue weighted by molar-refractivity contribution is 7.91. The molecule has 0 saturated heterocycles. The molecule has 1 aromatic carbocycles. The molecular weight excluding hydrogens is 448 g/mol. The maximum absolute atomic E-state index is 13.1. The van der Waals surface area contributed by atoms with Crippen molar-refractivity contribution in [2.24, 2.45) is 5.92 Å². The average molecular weight is 479 g/mol. The van der Waals surface area contributed by atoms with E-state index in [-0.39, 0.29) is 15.4 Å². The van der Waals surface area contributed by atoms with E-state index in [4.69, 9.17) is 9.40 Å². The number of aromatic nitrogens is 2. The van der Waals surface area contributed by atoms with E-state index in [1.165, 1.54) is 38.2 Å². The Morgan fingerprint density at radius 1 is 1.00 bits per heavy atom. The number of hydrogen-bond donors (Lipinski definition) is 0. The number of imidazole rings is 1. The second kappa shape index (κ2) is 8.02. The van der Waals surface area contributed by atoms with Gasteiger partial charge in [0.2, 0.25) is 29.9 Å². The van der Waals surface area contributed by atoms with Gasteiger partial charge in [0.25, 0.3) is 0 Å². The fourth-order valence-corrected chi connectivity index (χ4v) is 6.23. The van der Waals surface area contributed by atoms with Gasteiger partial charge in [-0.1, -0.05) is 40.0 Å². The zero-order valence-corrected chi connectivity index (χ0v) is 20.6. The Balaban J connectivity index is 1.78. The molecule has 9 heteroatoms. The minimum atomic E-state index is -4.02. The third-order valence-electron chi connectivity index (χ3n) is 6.05. The third-order valence-corrected chi connectivity index (χ3v) is 8.63. The molecule has 7 nitrogen and oxygen atoms in total. The molecule has 2 aromatic heterocycles. The van der Waals surface area contributed by atoms with Gasteiger partial charge in [-0.05, 0) is 49.1 Å². The van der Waals surface area contributed by atoms with Crippen molar-refractivity contribution in [1.82, 2.24) is 9.55 Å². The van der Waals surface area contributed by atoms with Crippen molar-refractivity contribution < 1.29 is 21.3 Å². The second-order valence-corrected chi connectivity index (χ2v) is 13.6. The first-order valence-corrected chi connectivity index (χ1v) is 14.3. The van der Waals surface area contributed by atoms with E-state index in [2.05, 4.69) is 25.3 Å². The van der Waals surface area contributed by atoms with Crippen LogP contribution in [0, 0.1) is 5.92 Å². The van der Waals surface area contributed by atoms with Crippen molar-refractivity contribution in [3.05, 3.63) is 36.2 Å². The van der Waals surface area contributed by atoms with Gasteiger partial charge < -0.3 is 8.98 Å². The van der Waals surface area contributed by atoms with Crippen LogP contribution in [-0.4, -0.2) is 32.6 Å². The summed E-state index contributed by atoms with van der Waals surface area (Å²) in [6, 6.07) is 7.24. The first kappa shape index (κ1) is 23.0. The molecule has 0 amide bonds. The molecule has 0 N–H and O–H groups in total. The van der Waals surface area contributed by atoms with Crippen molar-refractivity contribution in [2.75, 3.05) is 6.26 Å². The summed E-state index contributed by atoms with van der Waals surface area (Å²) in [4.78, 5) is 4.86. The van der Waals surface area contributed by atoms with E-state index in [0.717, 1.165) is 30.2 Å². The lowest BCUT2D eigenvalue weighted by Crippen LogP contribution is -2.22. The van der Waals surface area contributed by atoms with Gasteiger partial charge in [-0.3, -0.25) is 0 Å². The van der Waals surface area contributed by atoms with Crippen LogP contribution in [0.4, 0.5) is 0 Å². The Morgan fingerprint density at radius 2 is 1.66 bits per heavy atom. The molecule has 0 atom stereocenters. The molecule has 0 spiro atoms. The first-order chi connectivity index (χ1) is 14.9. The van der Waals surface area contributed by atoms with Crippen molar-refractivity contribution in [3.8, 4) is 0 Å². The summed E-state index contributed by atoms with van der Waals surface area (Å²) in [5, 5.41) is -0.765. The summed E-state index contributed by atoms with van der Waals surface area (Å²) >= 11 is 0. The van der Waals surface area contributed by atoms with E-state index in [0.29, 0.717) is 11.4 Å². The van der Waals surface area contributed by atoms with Crippen LogP contribution in [0.2, 0.25) is 0 Å². The van der Waals surface area contributed by atoms with Crippen LogP contribution in [0.25, 0.3) is 11.0 Å². The van der Waals surface area contributed by atoms with Crippen LogP contribution in [0.1, 0.15) is 58.7 Å². The van der Waals surface area contributed by atoms with Crippen LogP contribution in [0.3, 0.4) is 0 Å². The van der Waals surface area contributed by atoms with Gasteiger partial charge in [0.1, 0.15) is 5.82 Å². The topological polar surface area (TPSA) is 99.2 Å². The van der Waals surface area contributed by atoms with E-state index in [9.17, 15) is 16.8 Å². The number of nitrogens with zero attached hydrogens (tertiary/aromatic N) is 2. The molecular formula is C23H30N2O5S2. The fourth-order valence-electron chi connectivity index (χ4n) is 4.43. The van der Waals surface area contributed by atoms with Crippen LogP contribution < -0.4 is 0 Å². The minimum absolute atomic E-state index is 0.0298. The monoisotopic (exact) mass is 478 g/mol. The Kier molecular flexibility index (Phi) is 5.78. The number of sulfone groups is 2. The van der Waals surface area contributed by atoms with Crippen LogP contribution in [0.5, 0.6) is 0 Å². The van der Waals surface area contributed by atoms with E-state index in [1.807, 2.05) is 0 Å². The molecule has 2 heterocycles. The fraction of sp³-hybridized carbons (Fsp3) is 0.522. The molecule has 0 bridgehead atoms. The molecule has 1 fully saturated rings.